The van der Waals surface area contributed by atoms with Crippen LogP contribution in [0.4, 0.5) is 4.79 Å². The Morgan fingerprint density at radius 1 is 1.00 bits per heavy atom. The smallest absolute Gasteiger partial charge is 0.410 e. The Kier molecular flexibility index (Phi) is 5.44. The molecule has 2 heterocycles. The molecule has 2 saturated heterocycles. The third-order valence-corrected chi connectivity index (χ3v) is 7.85. The van der Waals surface area contributed by atoms with E-state index in [1.807, 2.05) is 24.3 Å². The number of morpholine rings is 1. The molecule has 1 amide bonds. The fraction of sp³-hybridized carbons (Fsp3) is 0.435. The van der Waals surface area contributed by atoms with E-state index in [9.17, 15) is 13.2 Å². The van der Waals surface area contributed by atoms with Crippen molar-refractivity contribution in [1.29, 1.82) is 0 Å². The number of hydrogen-bond donors (Lipinski definition) is 0. The zero-order chi connectivity index (χ0) is 21.6. The molecule has 2 unspecified atom stereocenters. The van der Waals surface area contributed by atoms with E-state index in [4.69, 9.17) is 20.2 Å². The Morgan fingerprint density at radius 3 is 2.10 bits per heavy atom. The Labute approximate surface area is 186 Å². The van der Waals surface area contributed by atoms with Gasteiger partial charge in [-0.2, -0.15) is 0 Å². The molecular weight excluding hydrogens is 438 g/mol. The Morgan fingerprint density at radius 2 is 1.55 bits per heavy atom. The first-order chi connectivity index (χ1) is 14.9. The summed E-state index contributed by atoms with van der Waals surface area (Å²) in [5.41, 5.74) is 4.72. The highest BCUT2D eigenvalue weighted by Crippen LogP contribution is 2.44. The van der Waals surface area contributed by atoms with Crippen LogP contribution in [0.15, 0.2) is 48.5 Å². The van der Waals surface area contributed by atoms with Crippen LogP contribution < -0.4 is 0 Å². The van der Waals surface area contributed by atoms with Gasteiger partial charge in [-0.25, -0.2) is 13.2 Å². The summed E-state index contributed by atoms with van der Waals surface area (Å²) in [7, 11) is 1.89. The SMILES string of the molecule is O=C(OCC1c2ccccc2-c2ccccc21)N1C2COCC1CC(CS(=O)(=O)Cl)C2. The number of amides is 1. The minimum Gasteiger partial charge on any atom is -0.448 e. The summed E-state index contributed by atoms with van der Waals surface area (Å²) >= 11 is 0. The lowest BCUT2D eigenvalue weighted by atomic mass is 9.86. The summed E-state index contributed by atoms with van der Waals surface area (Å²) < 4.78 is 34.5. The average Bonchev–Trinajstić information content (AvgIpc) is 3.04. The first-order valence-corrected chi connectivity index (χ1v) is 13.0. The summed E-state index contributed by atoms with van der Waals surface area (Å²) in [4.78, 5) is 14.8. The van der Waals surface area contributed by atoms with Crippen LogP contribution in [0.1, 0.15) is 29.9 Å². The van der Waals surface area contributed by atoms with Gasteiger partial charge in [0.05, 0.1) is 31.1 Å². The highest BCUT2D eigenvalue weighted by molar-refractivity contribution is 8.13. The molecule has 2 aliphatic heterocycles. The fourth-order valence-electron chi connectivity index (χ4n) is 5.41. The van der Waals surface area contributed by atoms with E-state index in [0.717, 1.165) is 0 Å². The lowest BCUT2D eigenvalue weighted by Gasteiger charge is -2.47. The van der Waals surface area contributed by atoms with Gasteiger partial charge in [0.1, 0.15) is 6.61 Å². The van der Waals surface area contributed by atoms with E-state index >= 15 is 0 Å². The van der Waals surface area contributed by atoms with Crippen molar-refractivity contribution in [3.05, 3.63) is 59.7 Å². The van der Waals surface area contributed by atoms with E-state index in [1.165, 1.54) is 22.3 Å². The van der Waals surface area contributed by atoms with Crippen LogP contribution in [0.25, 0.3) is 11.1 Å². The molecule has 31 heavy (non-hydrogen) atoms. The molecule has 2 aromatic carbocycles. The summed E-state index contributed by atoms with van der Waals surface area (Å²) in [5, 5.41) is 0. The molecule has 8 heteroatoms. The number of carbonyl (C=O) groups is 1. The zero-order valence-corrected chi connectivity index (χ0v) is 18.5. The second-order valence-corrected chi connectivity index (χ2v) is 11.4. The third kappa shape index (κ3) is 4.06. The maximum absolute atomic E-state index is 13.1. The summed E-state index contributed by atoms with van der Waals surface area (Å²) in [6.07, 6.45) is 0.742. The highest BCUT2D eigenvalue weighted by atomic mass is 35.7. The Bertz CT molecular complexity index is 1050. The second-order valence-electron chi connectivity index (χ2n) is 8.60. The molecule has 164 valence electrons. The van der Waals surface area contributed by atoms with Crippen molar-refractivity contribution >= 4 is 25.8 Å². The van der Waals surface area contributed by atoms with Gasteiger partial charge >= 0.3 is 6.09 Å². The van der Waals surface area contributed by atoms with Gasteiger partial charge in [0.25, 0.3) is 0 Å². The lowest BCUT2D eigenvalue weighted by Crippen LogP contribution is -2.59. The highest BCUT2D eigenvalue weighted by Gasteiger charge is 2.43. The van der Waals surface area contributed by atoms with Gasteiger partial charge in [0.2, 0.25) is 9.05 Å². The standard InChI is InChI=1S/C23H24ClNO5S/c24-31(27,28)14-15-9-16-11-29-12-17(10-15)25(16)23(26)30-13-22-20-7-3-1-5-18(20)19-6-2-4-8-21(19)22/h1-8,15-17,22H,9-14H2. The number of benzene rings is 2. The lowest BCUT2D eigenvalue weighted by molar-refractivity contribution is -0.0762. The van der Waals surface area contributed by atoms with Crippen molar-refractivity contribution in [3.63, 3.8) is 0 Å². The van der Waals surface area contributed by atoms with Gasteiger partial charge in [0.15, 0.2) is 0 Å². The van der Waals surface area contributed by atoms with Crippen LogP contribution in [-0.2, 0) is 18.5 Å². The minimum atomic E-state index is -3.57. The first kappa shape index (κ1) is 20.8. The monoisotopic (exact) mass is 461 g/mol. The van der Waals surface area contributed by atoms with Crippen molar-refractivity contribution < 1.29 is 22.7 Å². The molecule has 2 aromatic rings. The van der Waals surface area contributed by atoms with E-state index in [1.54, 1.807) is 4.90 Å². The second kappa shape index (κ2) is 8.11. The van der Waals surface area contributed by atoms with Gasteiger partial charge in [-0.15, -0.1) is 0 Å². The number of nitrogens with zero attached hydrogens (tertiary/aromatic N) is 1. The van der Waals surface area contributed by atoms with E-state index in [-0.39, 0.29) is 42.4 Å². The number of piperidine rings is 1. The predicted octanol–water partition coefficient (Wildman–Crippen LogP) is 3.98. The third-order valence-electron chi connectivity index (χ3n) is 6.60. The Balaban J connectivity index is 1.30. The van der Waals surface area contributed by atoms with Crippen molar-refractivity contribution in [2.45, 2.75) is 30.8 Å². The molecule has 1 aliphatic carbocycles. The van der Waals surface area contributed by atoms with Crippen LogP contribution in [0, 0.1) is 5.92 Å². The van der Waals surface area contributed by atoms with Crippen molar-refractivity contribution in [1.82, 2.24) is 4.90 Å². The van der Waals surface area contributed by atoms with Crippen LogP contribution in [0.5, 0.6) is 0 Å². The van der Waals surface area contributed by atoms with Crippen LogP contribution in [-0.4, -0.2) is 57.1 Å². The maximum atomic E-state index is 13.1. The molecule has 6 nitrogen and oxygen atoms in total. The molecule has 3 aliphatic rings. The number of rotatable bonds is 4. The van der Waals surface area contributed by atoms with Crippen molar-refractivity contribution in [2.24, 2.45) is 5.92 Å². The molecule has 0 radical (unpaired) electrons. The van der Waals surface area contributed by atoms with Crippen molar-refractivity contribution in [2.75, 3.05) is 25.6 Å². The molecule has 2 bridgehead atoms. The maximum Gasteiger partial charge on any atom is 0.410 e. The van der Waals surface area contributed by atoms with Gasteiger partial charge < -0.3 is 9.47 Å². The fourth-order valence-corrected chi connectivity index (χ4v) is 6.78. The molecule has 0 saturated carbocycles. The van der Waals surface area contributed by atoms with Gasteiger partial charge in [-0.1, -0.05) is 48.5 Å². The number of halogens is 1. The average molecular weight is 462 g/mol. The topological polar surface area (TPSA) is 72.9 Å². The summed E-state index contributed by atoms with van der Waals surface area (Å²) in [5.74, 6) is -0.134. The summed E-state index contributed by atoms with van der Waals surface area (Å²) in [6.45, 7) is 1.04. The largest absolute Gasteiger partial charge is 0.448 e. The normalized spacial score (nSPS) is 25.1. The molecular formula is C23H24ClNO5S. The van der Waals surface area contributed by atoms with E-state index < -0.39 is 9.05 Å². The molecule has 0 spiro atoms. The quantitative estimate of drug-likeness (QED) is 0.644. The zero-order valence-electron chi connectivity index (χ0n) is 16.9. The summed E-state index contributed by atoms with van der Waals surface area (Å²) in [6, 6.07) is 16.1. The van der Waals surface area contributed by atoms with Crippen LogP contribution in [0.3, 0.4) is 0 Å². The van der Waals surface area contributed by atoms with Crippen LogP contribution >= 0.6 is 10.7 Å². The van der Waals surface area contributed by atoms with Gasteiger partial charge in [-0.05, 0) is 41.0 Å². The van der Waals surface area contributed by atoms with Gasteiger partial charge in [-0.3, -0.25) is 4.90 Å². The molecule has 0 N–H and O–H groups in total. The van der Waals surface area contributed by atoms with Crippen molar-refractivity contribution in [3.8, 4) is 11.1 Å². The molecule has 5 rings (SSSR count). The number of fused-ring (bicyclic) bond motifs is 5. The van der Waals surface area contributed by atoms with Crippen LogP contribution in [0.2, 0.25) is 0 Å². The van der Waals surface area contributed by atoms with E-state index in [0.29, 0.717) is 26.1 Å². The van der Waals surface area contributed by atoms with E-state index in [2.05, 4.69) is 24.3 Å². The van der Waals surface area contributed by atoms with Gasteiger partial charge in [0, 0.05) is 16.6 Å². The number of ether oxygens (including phenoxy) is 2. The number of hydrogen-bond acceptors (Lipinski definition) is 5. The Hall–Kier alpha value is -2.09. The molecule has 2 fully saturated rings. The first-order valence-electron chi connectivity index (χ1n) is 10.5. The minimum absolute atomic E-state index is 0.00590. The molecule has 0 aromatic heterocycles. The predicted molar refractivity (Wildman–Crippen MR) is 118 cm³/mol. The molecule has 2 atom stereocenters. The number of carbonyl (C=O) groups excluding carboxylic acids is 1.